The van der Waals surface area contributed by atoms with Gasteiger partial charge < -0.3 is 5.32 Å². The second-order valence-corrected chi connectivity index (χ2v) is 6.09. The van der Waals surface area contributed by atoms with Gasteiger partial charge in [0.25, 0.3) is 0 Å². The molecule has 0 spiro atoms. The van der Waals surface area contributed by atoms with Crippen LogP contribution in [0.4, 0.5) is 10.1 Å². The summed E-state index contributed by atoms with van der Waals surface area (Å²) in [5, 5.41) is 3.88. The molecule has 0 aromatic heterocycles. The highest BCUT2D eigenvalue weighted by Crippen LogP contribution is 2.31. The minimum atomic E-state index is -0.116. The molecule has 1 atom stereocenters. The molecule has 0 bridgehead atoms. The Morgan fingerprint density at radius 3 is 2.74 bits per heavy atom. The van der Waals surface area contributed by atoms with Gasteiger partial charge in [0.15, 0.2) is 0 Å². The predicted molar refractivity (Wildman–Crippen MR) is 79.3 cm³/mol. The first-order valence-corrected chi connectivity index (χ1v) is 7.44. The predicted octanol–water partition coefficient (Wildman–Crippen LogP) is 4.34. The van der Waals surface area contributed by atoms with E-state index in [1.165, 1.54) is 17.3 Å². The summed E-state index contributed by atoms with van der Waals surface area (Å²) in [7, 11) is 0. The van der Waals surface area contributed by atoms with Gasteiger partial charge in [-0.05, 0) is 36.6 Å². The van der Waals surface area contributed by atoms with Crippen molar-refractivity contribution in [2.75, 3.05) is 11.9 Å². The summed E-state index contributed by atoms with van der Waals surface area (Å²) < 4.78 is 13.7. The average Bonchev–Trinajstić information content (AvgIpc) is 2.64. The summed E-state index contributed by atoms with van der Waals surface area (Å²) in [6, 6.07) is 15.4. The fourth-order valence-corrected chi connectivity index (χ4v) is 3.47. The highest BCUT2D eigenvalue weighted by atomic mass is 32.2. The molecule has 1 nitrogen and oxygen atoms in total. The molecule has 1 N–H and O–H groups in total. The van der Waals surface area contributed by atoms with Gasteiger partial charge in [-0.25, -0.2) is 4.39 Å². The van der Waals surface area contributed by atoms with Crippen LogP contribution in [0.2, 0.25) is 0 Å². The van der Waals surface area contributed by atoms with Crippen molar-refractivity contribution in [1.29, 1.82) is 0 Å². The summed E-state index contributed by atoms with van der Waals surface area (Å²) >= 11 is 1.64. The molecule has 2 aromatic rings. The van der Waals surface area contributed by atoms with Gasteiger partial charge in [-0.1, -0.05) is 30.3 Å². The largest absolute Gasteiger partial charge is 0.384 e. The van der Waals surface area contributed by atoms with E-state index in [0.717, 1.165) is 24.3 Å². The summed E-state index contributed by atoms with van der Waals surface area (Å²) in [5.74, 6) is -0.116. The number of nitrogens with one attached hydrogen (secondary N) is 1. The maximum absolute atomic E-state index is 13.7. The minimum Gasteiger partial charge on any atom is -0.384 e. The van der Waals surface area contributed by atoms with Crippen LogP contribution < -0.4 is 5.32 Å². The summed E-state index contributed by atoms with van der Waals surface area (Å²) in [6.45, 7) is 0.885. The monoisotopic (exact) mass is 273 g/mol. The molecule has 98 valence electrons. The Morgan fingerprint density at radius 2 is 1.84 bits per heavy atom. The standard InChI is InChI=1S/C16H16FNS/c17-14-6-2-4-8-16(14)19-13-10-9-12-5-1-3-7-15(12)18-11-13/h1-8,13,18H,9-11H2. The summed E-state index contributed by atoms with van der Waals surface area (Å²) in [4.78, 5) is 0.750. The van der Waals surface area contributed by atoms with Crippen molar-refractivity contribution in [3.63, 3.8) is 0 Å². The molecule has 0 amide bonds. The van der Waals surface area contributed by atoms with Crippen molar-refractivity contribution < 1.29 is 4.39 Å². The molecule has 1 aliphatic heterocycles. The maximum Gasteiger partial charge on any atom is 0.136 e. The third kappa shape index (κ3) is 2.92. The highest BCUT2D eigenvalue weighted by molar-refractivity contribution is 8.00. The van der Waals surface area contributed by atoms with Gasteiger partial charge in [0.05, 0.1) is 0 Å². The quantitative estimate of drug-likeness (QED) is 0.873. The van der Waals surface area contributed by atoms with Crippen molar-refractivity contribution in [1.82, 2.24) is 0 Å². The molecule has 3 rings (SSSR count). The highest BCUT2D eigenvalue weighted by Gasteiger charge is 2.17. The first-order chi connectivity index (χ1) is 9.33. The van der Waals surface area contributed by atoms with E-state index >= 15 is 0 Å². The Hall–Kier alpha value is -1.48. The first-order valence-electron chi connectivity index (χ1n) is 6.56. The normalized spacial score (nSPS) is 18.3. The van der Waals surface area contributed by atoms with E-state index in [-0.39, 0.29) is 5.82 Å². The SMILES string of the molecule is Fc1ccccc1SC1CCc2ccccc2NC1. The molecular weight excluding hydrogens is 257 g/mol. The lowest BCUT2D eigenvalue weighted by Crippen LogP contribution is -2.14. The molecule has 0 radical (unpaired) electrons. The molecule has 0 aliphatic carbocycles. The number of para-hydroxylation sites is 1. The second kappa shape index (κ2) is 5.66. The Balaban J connectivity index is 1.71. The Labute approximate surface area is 117 Å². The van der Waals surface area contributed by atoms with Crippen LogP contribution in [0.15, 0.2) is 53.4 Å². The van der Waals surface area contributed by atoms with Crippen LogP contribution in [0.3, 0.4) is 0 Å². The third-order valence-electron chi connectivity index (χ3n) is 3.40. The second-order valence-electron chi connectivity index (χ2n) is 4.75. The molecule has 0 saturated carbocycles. The molecule has 19 heavy (non-hydrogen) atoms. The van der Waals surface area contributed by atoms with Gasteiger partial charge >= 0.3 is 0 Å². The topological polar surface area (TPSA) is 12.0 Å². The molecular formula is C16H16FNS. The van der Waals surface area contributed by atoms with Crippen LogP contribution in [0.25, 0.3) is 0 Å². The first kappa shape index (κ1) is 12.5. The van der Waals surface area contributed by atoms with E-state index in [1.807, 2.05) is 12.1 Å². The zero-order valence-electron chi connectivity index (χ0n) is 10.6. The van der Waals surface area contributed by atoms with Gasteiger partial charge in [-0.15, -0.1) is 11.8 Å². The van der Waals surface area contributed by atoms with Gasteiger partial charge in [0.1, 0.15) is 5.82 Å². The maximum atomic E-state index is 13.7. The number of anilines is 1. The number of thioether (sulfide) groups is 1. The minimum absolute atomic E-state index is 0.116. The number of aryl methyl sites for hydroxylation is 1. The smallest absolute Gasteiger partial charge is 0.136 e. The number of fused-ring (bicyclic) bond motifs is 1. The number of halogens is 1. The van der Waals surface area contributed by atoms with Crippen molar-refractivity contribution in [2.24, 2.45) is 0 Å². The van der Waals surface area contributed by atoms with Gasteiger partial charge in [0.2, 0.25) is 0 Å². The van der Waals surface area contributed by atoms with E-state index in [9.17, 15) is 4.39 Å². The summed E-state index contributed by atoms with van der Waals surface area (Å²) in [6.07, 6.45) is 2.12. The molecule has 2 aromatic carbocycles. The zero-order chi connectivity index (χ0) is 13.1. The van der Waals surface area contributed by atoms with Crippen molar-refractivity contribution in [2.45, 2.75) is 23.0 Å². The van der Waals surface area contributed by atoms with E-state index in [4.69, 9.17) is 0 Å². The lowest BCUT2D eigenvalue weighted by molar-refractivity contribution is 0.601. The molecule has 3 heteroatoms. The van der Waals surface area contributed by atoms with E-state index in [1.54, 1.807) is 17.8 Å². The van der Waals surface area contributed by atoms with Gasteiger partial charge in [0, 0.05) is 22.4 Å². The number of rotatable bonds is 2. The van der Waals surface area contributed by atoms with E-state index < -0.39 is 0 Å². The fourth-order valence-electron chi connectivity index (χ4n) is 2.37. The van der Waals surface area contributed by atoms with Crippen molar-refractivity contribution >= 4 is 17.4 Å². The molecule has 1 unspecified atom stereocenters. The lowest BCUT2D eigenvalue weighted by Gasteiger charge is -2.14. The van der Waals surface area contributed by atoms with Crippen LogP contribution in [0.5, 0.6) is 0 Å². The molecule has 0 saturated heterocycles. The average molecular weight is 273 g/mol. The van der Waals surface area contributed by atoms with Crippen LogP contribution >= 0.6 is 11.8 Å². The Kier molecular flexibility index (Phi) is 3.74. The zero-order valence-corrected chi connectivity index (χ0v) is 11.4. The third-order valence-corrected chi connectivity index (χ3v) is 4.72. The summed E-state index contributed by atoms with van der Waals surface area (Å²) in [5.41, 5.74) is 2.58. The molecule has 0 fully saturated rings. The van der Waals surface area contributed by atoms with E-state index in [0.29, 0.717) is 5.25 Å². The van der Waals surface area contributed by atoms with Crippen LogP contribution in [0, 0.1) is 5.82 Å². The van der Waals surface area contributed by atoms with Crippen LogP contribution in [-0.2, 0) is 6.42 Å². The van der Waals surface area contributed by atoms with Crippen LogP contribution in [-0.4, -0.2) is 11.8 Å². The Bertz CT molecular complexity index is 543. The van der Waals surface area contributed by atoms with E-state index in [2.05, 4.69) is 29.6 Å². The van der Waals surface area contributed by atoms with Crippen LogP contribution in [0.1, 0.15) is 12.0 Å². The van der Waals surface area contributed by atoms with Crippen molar-refractivity contribution in [3.8, 4) is 0 Å². The number of hydrogen-bond acceptors (Lipinski definition) is 2. The molecule has 1 heterocycles. The number of hydrogen-bond donors (Lipinski definition) is 1. The van der Waals surface area contributed by atoms with Crippen molar-refractivity contribution in [3.05, 3.63) is 59.9 Å². The lowest BCUT2D eigenvalue weighted by atomic mass is 10.1. The Morgan fingerprint density at radius 1 is 1.05 bits per heavy atom. The fraction of sp³-hybridized carbons (Fsp3) is 0.250. The number of benzene rings is 2. The molecule has 1 aliphatic rings. The van der Waals surface area contributed by atoms with Gasteiger partial charge in [-0.2, -0.15) is 0 Å². The van der Waals surface area contributed by atoms with Gasteiger partial charge in [-0.3, -0.25) is 0 Å².